The van der Waals surface area contributed by atoms with Crippen molar-refractivity contribution in [1.82, 2.24) is 10.3 Å². The molecule has 0 radical (unpaired) electrons. The molecule has 3 atom stereocenters. The Labute approximate surface area is 114 Å². The van der Waals surface area contributed by atoms with Crippen LogP contribution in [0.2, 0.25) is 0 Å². The van der Waals surface area contributed by atoms with Crippen LogP contribution in [0.25, 0.3) is 0 Å². The van der Waals surface area contributed by atoms with Crippen LogP contribution in [0.15, 0.2) is 18.3 Å². The number of aromatic nitrogens is 1. The van der Waals surface area contributed by atoms with Crippen molar-refractivity contribution in [2.24, 2.45) is 11.8 Å². The summed E-state index contributed by atoms with van der Waals surface area (Å²) in [5.41, 5.74) is 0.924. The van der Waals surface area contributed by atoms with Crippen LogP contribution in [0.1, 0.15) is 49.2 Å². The van der Waals surface area contributed by atoms with E-state index >= 15 is 0 Å². The molecule has 1 fully saturated rings. The summed E-state index contributed by atoms with van der Waals surface area (Å²) in [7, 11) is 0. The van der Waals surface area contributed by atoms with Crippen LogP contribution in [0.5, 0.6) is 0 Å². The van der Waals surface area contributed by atoms with Gasteiger partial charge in [0.15, 0.2) is 0 Å². The quantitative estimate of drug-likeness (QED) is 0.875. The number of carboxylic acids is 1. The molecular formula is C15H22N2O2. The Balaban J connectivity index is 1.97. The molecule has 1 heterocycles. The molecule has 0 aromatic carbocycles. The van der Waals surface area contributed by atoms with Gasteiger partial charge in [-0.25, -0.2) is 4.79 Å². The van der Waals surface area contributed by atoms with Gasteiger partial charge in [-0.15, -0.1) is 0 Å². The van der Waals surface area contributed by atoms with E-state index in [4.69, 9.17) is 5.11 Å². The van der Waals surface area contributed by atoms with Gasteiger partial charge in [0.25, 0.3) is 0 Å². The summed E-state index contributed by atoms with van der Waals surface area (Å²) in [6, 6.07) is 3.75. The number of pyridine rings is 1. The molecule has 0 amide bonds. The molecule has 1 aromatic heterocycles. The van der Waals surface area contributed by atoms with Gasteiger partial charge in [0.05, 0.1) is 11.3 Å². The fraction of sp³-hybridized carbons (Fsp3) is 0.600. The van der Waals surface area contributed by atoms with Gasteiger partial charge in [0.1, 0.15) is 0 Å². The minimum atomic E-state index is -0.907. The Morgan fingerprint density at radius 3 is 2.95 bits per heavy atom. The van der Waals surface area contributed by atoms with Crippen molar-refractivity contribution in [1.29, 1.82) is 0 Å². The highest BCUT2D eigenvalue weighted by molar-refractivity contribution is 5.88. The maximum absolute atomic E-state index is 11.1. The summed E-state index contributed by atoms with van der Waals surface area (Å²) in [4.78, 5) is 15.3. The second kappa shape index (κ2) is 6.15. The molecule has 0 spiro atoms. The van der Waals surface area contributed by atoms with Crippen LogP contribution in [0.3, 0.4) is 0 Å². The third kappa shape index (κ3) is 3.53. The van der Waals surface area contributed by atoms with Crippen LogP contribution in [-0.2, 0) is 6.54 Å². The van der Waals surface area contributed by atoms with Crippen molar-refractivity contribution in [3.05, 3.63) is 29.6 Å². The lowest BCUT2D eigenvalue weighted by atomic mass is 9.80. The molecule has 1 aliphatic rings. The summed E-state index contributed by atoms with van der Waals surface area (Å²) in [6.07, 6.45) is 5.30. The molecule has 0 saturated heterocycles. The zero-order valence-electron chi connectivity index (χ0n) is 11.6. The number of aromatic carboxylic acids is 1. The molecule has 19 heavy (non-hydrogen) atoms. The molecule has 3 unspecified atom stereocenters. The predicted octanol–water partition coefficient (Wildman–Crippen LogP) is 2.69. The van der Waals surface area contributed by atoms with Crippen molar-refractivity contribution >= 4 is 5.97 Å². The fourth-order valence-electron chi connectivity index (χ4n) is 2.97. The number of nitrogens with one attached hydrogen (secondary N) is 1. The number of nitrogens with zero attached hydrogens (tertiary/aromatic N) is 1. The molecule has 1 aromatic rings. The molecule has 1 saturated carbocycles. The van der Waals surface area contributed by atoms with E-state index in [1.54, 1.807) is 18.3 Å². The first-order valence-corrected chi connectivity index (χ1v) is 6.98. The van der Waals surface area contributed by atoms with Crippen molar-refractivity contribution in [3.63, 3.8) is 0 Å². The van der Waals surface area contributed by atoms with Gasteiger partial charge in [-0.3, -0.25) is 4.98 Å². The third-order valence-electron chi connectivity index (χ3n) is 4.08. The van der Waals surface area contributed by atoms with Gasteiger partial charge in [0.2, 0.25) is 0 Å². The molecule has 1 aliphatic carbocycles. The molecule has 4 heteroatoms. The summed E-state index contributed by atoms with van der Waals surface area (Å²) in [5, 5.41) is 12.6. The van der Waals surface area contributed by atoms with Gasteiger partial charge < -0.3 is 10.4 Å². The van der Waals surface area contributed by atoms with E-state index in [2.05, 4.69) is 24.1 Å². The Bertz CT molecular complexity index is 448. The summed E-state index contributed by atoms with van der Waals surface area (Å²) in [6.45, 7) is 5.10. The molecule has 0 aliphatic heterocycles. The number of carbonyl (C=O) groups is 1. The van der Waals surface area contributed by atoms with Crippen molar-refractivity contribution in [2.75, 3.05) is 0 Å². The average molecular weight is 262 g/mol. The second-order valence-corrected chi connectivity index (χ2v) is 5.69. The number of rotatable bonds is 4. The first kappa shape index (κ1) is 14.0. The SMILES string of the molecule is CC1CCC(NCc2ncccc2C(=O)O)C(C)C1. The standard InChI is InChI=1S/C15H22N2O2/c1-10-5-6-13(11(2)8-10)17-9-14-12(15(18)19)4-3-7-16-14/h3-4,7,10-11,13,17H,5-6,8-9H2,1-2H3,(H,18,19). The summed E-state index contributed by atoms with van der Waals surface area (Å²) >= 11 is 0. The summed E-state index contributed by atoms with van der Waals surface area (Å²) in [5.74, 6) is 0.536. The van der Waals surface area contributed by atoms with Crippen molar-refractivity contribution in [3.8, 4) is 0 Å². The summed E-state index contributed by atoms with van der Waals surface area (Å²) < 4.78 is 0. The van der Waals surface area contributed by atoms with Crippen LogP contribution < -0.4 is 5.32 Å². The maximum atomic E-state index is 11.1. The highest BCUT2D eigenvalue weighted by atomic mass is 16.4. The molecule has 104 valence electrons. The van der Waals surface area contributed by atoms with Crippen LogP contribution in [0, 0.1) is 11.8 Å². The minimum Gasteiger partial charge on any atom is -0.478 e. The van der Waals surface area contributed by atoms with E-state index < -0.39 is 5.97 Å². The lowest BCUT2D eigenvalue weighted by molar-refractivity contribution is 0.0694. The highest BCUT2D eigenvalue weighted by Gasteiger charge is 2.25. The smallest absolute Gasteiger partial charge is 0.337 e. The van der Waals surface area contributed by atoms with Crippen LogP contribution >= 0.6 is 0 Å². The number of hydrogen-bond acceptors (Lipinski definition) is 3. The van der Waals surface area contributed by atoms with Crippen molar-refractivity contribution in [2.45, 2.75) is 45.7 Å². The molecule has 2 N–H and O–H groups in total. The number of carboxylic acid groups (broad SMARTS) is 1. The molecule has 2 rings (SSSR count). The van der Waals surface area contributed by atoms with Crippen LogP contribution in [0.4, 0.5) is 0 Å². The average Bonchev–Trinajstić information content (AvgIpc) is 2.38. The zero-order chi connectivity index (χ0) is 13.8. The lowest BCUT2D eigenvalue weighted by Crippen LogP contribution is -2.39. The normalized spacial score (nSPS) is 27.2. The monoisotopic (exact) mass is 262 g/mol. The second-order valence-electron chi connectivity index (χ2n) is 5.69. The van der Waals surface area contributed by atoms with E-state index in [-0.39, 0.29) is 0 Å². The minimum absolute atomic E-state index is 0.298. The van der Waals surface area contributed by atoms with Gasteiger partial charge in [-0.05, 0) is 43.2 Å². The first-order chi connectivity index (χ1) is 9.08. The molecule has 4 nitrogen and oxygen atoms in total. The zero-order valence-corrected chi connectivity index (χ0v) is 11.6. The maximum Gasteiger partial charge on any atom is 0.337 e. The highest BCUT2D eigenvalue weighted by Crippen LogP contribution is 2.28. The van der Waals surface area contributed by atoms with E-state index in [1.165, 1.54) is 12.8 Å². The van der Waals surface area contributed by atoms with Gasteiger partial charge in [0, 0.05) is 18.8 Å². The topological polar surface area (TPSA) is 62.2 Å². The van der Waals surface area contributed by atoms with E-state index in [1.807, 2.05) is 0 Å². The van der Waals surface area contributed by atoms with E-state index in [0.29, 0.717) is 29.8 Å². The molecule has 0 bridgehead atoms. The largest absolute Gasteiger partial charge is 0.478 e. The number of hydrogen-bond donors (Lipinski definition) is 2. The van der Waals surface area contributed by atoms with Gasteiger partial charge >= 0.3 is 5.97 Å². The Kier molecular flexibility index (Phi) is 4.53. The van der Waals surface area contributed by atoms with Crippen LogP contribution in [-0.4, -0.2) is 22.1 Å². The fourth-order valence-corrected chi connectivity index (χ4v) is 2.97. The Morgan fingerprint density at radius 1 is 1.47 bits per heavy atom. The Morgan fingerprint density at radius 2 is 2.26 bits per heavy atom. The van der Waals surface area contributed by atoms with E-state index in [9.17, 15) is 4.79 Å². The molecular weight excluding hydrogens is 240 g/mol. The predicted molar refractivity (Wildman–Crippen MR) is 74.0 cm³/mol. The van der Waals surface area contributed by atoms with Gasteiger partial charge in [-0.1, -0.05) is 13.8 Å². The Hall–Kier alpha value is -1.42. The van der Waals surface area contributed by atoms with Crippen molar-refractivity contribution < 1.29 is 9.90 Å². The first-order valence-electron chi connectivity index (χ1n) is 6.98. The van der Waals surface area contributed by atoms with E-state index in [0.717, 1.165) is 12.3 Å². The third-order valence-corrected chi connectivity index (χ3v) is 4.08. The van der Waals surface area contributed by atoms with Gasteiger partial charge in [-0.2, -0.15) is 0 Å². The lowest BCUT2D eigenvalue weighted by Gasteiger charge is -2.33.